The van der Waals surface area contributed by atoms with Crippen molar-refractivity contribution in [1.82, 2.24) is 0 Å². The normalized spacial score (nSPS) is 11.0. The molecule has 0 aliphatic rings. The second kappa shape index (κ2) is 8.91. The minimum Gasteiger partial charge on any atom is -0.0841 e. The van der Waals surface area contributed by atoms with Gasteiger partial charge in [-0.05, 0) is 53.0 Å². The molecule has 4 heteroatoms. The lowest BCUT2D eigenvalue weighted by Crippen LogP contribution is -2.25. The molecule has 0 fully saturated rings. The first kappa shape index (κ1) is 18.5. The molecule has 0 amide bonds. The van der Waals surface area contributed by atoms with Crippen LogP contribution in [0.3, 0.4) is 0 Å². The van der Waals surface area contributed by atoms with E-state index >= 15 is 0 Å². The zero-order chi connectivity index (χ0) is 17.6. The number of rotatable bonds is 6. The van der Waals surface area contributed by atoms with Gasteiger partial charge in [0.05, 0.1) is 8.80 Å². The number of hydrogen-bond donors (Lipinski definition) is 0. The van der Waals surface area contributed by atoms with Crippen LogP contribution >= 0.6 is 34.8 Å². The van der Waals surface area contributed by atoms with E-state index in [-0.39, 0.29) is 0 Å². The Hall–Kier alpha value is -1.25. The Kier molecular flexibility index (Phi) is 6.61. The van der Waals surface area contributed by atoms with Crippen LogP contribution in [0.4, 0.5) is 0 Å². The Bertz CT molecular complexity index is 735. The molecule has 1 radical (unpaired) electrons. The highest BCUT2D eigenvalue weighted by molar-refractivity contribution is 6.58. The minimum atomic E-state index is -0.821. The van der Waals surface area contributed by atoms with E-state index < -0.39 is 8.80 Å². The Balaban J connectivity index is 1.86. The van der Waals surface area contributed by atoms with E-state index in [1.54, 1.807) is 0 Å². The first-order chi connectivity index (χ1) is 12.1. The fraction of sp³-hybridized carbons (Fsp3) is 0.143. The molecule has 0 heterocycles. The minimum absolute atomic E-state index is 0.821. The lowest BCUT2D eigenvalue weighted by atomic mass is 10.2. The zero-order valence-corrected chi connectivity index (χ0v) is 17.0. The molecule has 0 aromatic heterocycles. The van der Waals surface area contributed by atoms with Crippen molar-refractivity contribution >= 4 is 43.6 Å². The van der Waals surface area contributed by atoms with Crippen molar-refractivity contribution in [3.8, 4) is 0 Å². The van der Waals surface area contributed by atoms with E-state index in [4.69, 9.17) is 34.8 Å². The first-order valence-electron chi connectivity index (χ1n) is 8.17. The summed E-state index contributed by atoms with van der Waals surface area (Å²) in [6, 6.07) is 27.3. The molecule has 0 atom stereocenters. The van der Waals surface area contributed by atoms with Crippen molar-refractivity contribution in [2.75, 3.05) is 0 Å². The molecule has 3 rings (SSSR count). The van der Waals surface area contributed by atoms with E-state index in [0.717, 1.165) is 33.2 Å². The molecule has 0 saturated carbocycles. The monoisotopic (exact) mass is 403 g/mol. The summed E-state index contributed by atoms with van der Waals surface area (Å²) in [5.41, 5.74) is 3.62. The van der Waals surface area contributed by atoms with Gasteiger partial charge in [-0.25, -0.2) is 0 Å². The van der Waals surface area contributed by atoms with Crippen molar-refractivity contribution in [2.45, 2.75) is 18.1 Å². The van der Waals surface area contributed by atoms with Gasteiger partial charge in [0.1, 0.15) is 0 Å². The van der Waals surface area contributed by atoms with Crippen LogP contribution < -0.4 is 0 Å². The van der Waals surface area contributed by atoms with E-state index in [1.807, 2.05) is 54.6 Å². The molecule has 0 unspecified atom stereocenters. The summed E-state index contributed by atoms with van der Waals surface area (Å²) in [6.07, 6.45) is 0. The topological polar surface area (TPSA) is 0 Å². The van der Waals surface area contributed by atoms with Crippen LogP contribution in [0.25, 0.3) is 0 Å². The quantitative estimate of drug-likeness (QED) is 0.397. The van der Waals surface area contributed by atoms with E-state index in [2.05, 4.69) is 18.2 Å². The second-order valence-corrected chi connectivity index (χ2v) is 9.84. The molecule has 0 bridgehead atoms. The average Bonchev–Trinajstić information content (AvgIpc) is 2.61. The van der Waals surface area contributed by atoms with Crippen LogP contribution in [0.15, 0.2) is 72.8 Å². The number of hydrogen-bond acceptors (Lipinski definition) is 0. The summed E-state index contributed by atoms with van der Waals surface area (Å²) in [4.78, 5) is 0. The van der Waals surface area contributed by atoms with Crippen molar-refractivity contribution in [2.24, 2.45) is 0 Å². The summed E-state index contributed by atoms with van der Waals surface area (Å²) < 4.78 is 0. The Morgan fingerprint density at radius 1 is 0.480 bits per heavy atom. The smallest absolute Gasteiger partial charge is 0.0619 e. The van der Waals surface area contributed by atoms with Crippen molar-refractivity contribution in [1.29, 1.82) is 0 Å². The third-order valence-electron chi connectivity index (χ3n) is 4.19. The lowest BCUT2D eigenvalue weighted by molar-refractivity contribution is 1.19. The van der Waals surface area contributed by atoms with Gasteiger partial charge < -0.3 is 0 Å². The Labute approximate surface area is 166 Å². The van der Waals surface area contributed by atoms with Crippen LogP contribution in [-0.2, 0) is 18.1 Å². The predicted molar refractivity (Wildman–Crippen MR) is 111 cm³/mol. The molecule has 0 aliphatic heterocycles. The number of benzene rings is 3. The van der Waals surface area contributed by atoms with Gasteiger partial charge in [-0.15, -0.1) is 0 Å². The fourth-order valence-corrected chi connectivity index (χ4v) is 6.78. The summed E-state index contributed by atoms with van der Waals surface area (Å²) >= 11 is 19.2. The van der Waals surface area contributed by atoms with Crippen molar-refractivity contribution in [3.63, 3.8) is 0 Å². The van der Waals surface area contributed by atoms with Crippen molar-refractivity contribution < 1.29 is 0 Å². The van der Waals surface area contributed by atoms with E-state index in [0.29, 0.717) is 0 Å². The molecule has 0 aliphatic carbocycles. The molecule has 127 valence electrons. The maximum absolute atomic E-state index is 6.40. The highest BCUT2D eigenvalue weighted by Crippen LogP contribution is 2.24. The lowest BCUT2D eigenvalue weighted by Gasteiger charge is -2.18. The van der Waals surface area contributed by atoms with Gasteiger partial charge in [0.15, 0.2) is 0 Å². The van der Waals surface area contributed by atoms with Gasteiger partial charge in [-0.1, -0.05) is 89.4 Å². The van der Waals surface area contributed by atoms with E-state index in [9.17, 15) is 0 Å². The maximum Gasteiger partial charge on any atom is 0.0619 e. The molecular weight excluding hydrogens is 387 g/mol. The van der Waals surface area contributed by atoms with Crippen LogP contribution in [0, 0.1) is 0 Å². The highest BCUT2D eigenvalue weighted by Gasteiger charge is 2.18. The largest absolute Gasteiger partial charge is 0.0841 e. The average molecular weight is 405 g/mol. The fourth-order valence-electron chi connectivity index (χ4n) is 2.92. The van der Waals surface area contributed by atoms with Crippen LogP contribution in [0.2, 0.25) is 15.1 Å². The molecule has 25 heavy (non-hydrogen) atoms. The van der Waals surface area contributed by atoms with Gasteiger partial charge in [0.25, 0.3) is 0 Å². The standard InChI is InChI=1S/C21H18Cl3Si/c22-19-10-4-1-7-16(19)13-25(14-17-8-2-5-11-20(17)23)15-18-9-3-6-12-21(18)24/h1-12H,13-15H2. The van der Waals surface area contributed by atoms with Crippen molar-refractivity contribution in [3.05, 3.63) is 105 Å². The molecule has 0 saturated heterocycles. The summed E-state index contributed by atoms with van der Waals surface area (Å²) in [5.74, 6) is 0. The maximum atomic E-state index is 6.40. The predicted octanol–water partition coefficient (Wildman–Crippen LogP) is 6.79. The van der Waals surface area contributed by atoms with Crippen LogP contribution in [0.5, 0.6) is 0 Å². The van der Waals surface area contributed by atoms with Crippen LogP contribution in [-0.4, -0.2) is 8.80 Å². The summed E-state index contributed by atoms with van der Waals surface area (Å²) in [6.45, 7) is 0. The molecule has 0 spiro atoms. The SMILES string of the molecule is Clc1ccccc1C[Si](Cc1ccccc1Cl)Cc1ccccc1Cl. The van der Waals surface area contributed by atoms with Gasteiger partial charge in [0, 0.05) is 15.1 Å². The summed E-state index contributed by atoms with van der Waals surface area (Å²) in [5, 5.41) is 2.51. The molecule has 0 N–H and O–H groups in total. The molecule has 0 nitrogen and oxygen atoms in total. The van der Waals surface area contributed by atoms with E-state index in [1.165, 1.54) is 16.7 Å². The highest BCUT2D eigenvalue weighted by atomic mass is 35.5. The second-order valence-electron chi connectivity index (χ2n) is 6.05. The molecule has 3 aromatic carbocycles. The summed E-state index contributed by atoms with van der Waals surface area (Å²) in [7, 11) is -0.821. The first-order valence-corrected chi connectivity index (χ1v) is 11.4. The van der Waals surface area contributed by atoms with Gasteiger partial charge in [0.2, 0.25) is 0 Å². The molecule has 3 aromatic rings. The third-order valence-corrected chi connectivity index (χ3v) is 7.94. The molecular formula is C21H18Cl3Si. The Morgan fingerprint density at radius 2 is 0.760 bits per heavy atom. The number of halogens is 3. The van der Waals surface area contributed by atoms with Gasteiger partial charge >= 0.3 is 0 Å². The van der Waals surface area contributed by atoms with Crippen LogP contribution in [0.1, 0.15) is 16.7 Å². The van der Waals surface area contributed by atoms with Gasteiger partial charge in [-0.3, -0.25) is 0 Å². The van der Waals surface area contributed by atoms with Gasteiger partial charge in [-0.2, -0.15) is 0 Å². The third kappa shape index (κ3) is 5.12. The Morgan fingerprint density at radius 3 is 1.04 bits per heavy atom. The zero-order valence-electron chi connectivity index (χ0n) is 13.7.